The van der Waals surface area contributed by atoms with Crippen LogP contribution in [-0.2, 0) is 9.53 Å². The summed E-state index contributed by atoms with van der Waals surface area (Å²) in [5.41, 5.74) is 2.33. The van der Waals surface area contributed by atoms with Crippen molar-refractivity contribution in [3.05, 3.63) is 29.3 Å². The van der Waals surface area contributed by atoms with Crippen LogP contribution in [0.4, 0.5) is 10.5 Å². The third kappa shape index (κ3) is 4.07. The van der Waals surface area contributed by atoms with E-state index in [1.807, 2.05) is 24.0 Å². The lowest BCUT2D eigenvalue weighted by Crippen LogP contribution is -2.49. The van der Waals surface area contributed by atoms with Gasteiger partial charge in [0.05, 0.1) is 19.1 Å². The first kappa shape index (κ1) is 19.7. The zero-order valence-corrected chi connectivity index (χ0v) is 16.9. The molecule has 0 bridgehead atoms. The Morgan fingerprint density at radius 1 is 1.10 bits per heavy atom. The molecule has 3 heterocycles. The summed E-state index contributed by atoms with van der Waals surface area (Å²) in [5.74, 6) is -0.0539. The Balaban J connectivity index is 1.44. The van der Waals surface area contributed by atoms with Gasteiger partial charge in [-0.15, -0.1) is 0 Å². The summed E-state index contributed by atoms with van der Waals surface area (Å²) in [5, 5.41) is 2.79. The SMILES string of the molecule is Cc1cc(C(=O)N2CCCC(C(=O)N3CCOCC3)C2)ccc1N1CCNC1=O. The summed E-state index contributed by atoms with van der Waals surface area (Å²) >= 11 is 0. The van der Waals surface area contributed by atoms with E-state index in [-0.39, 0.29) is 23.8 Å². The van der Waals surface area contributed by atoms with E-state index < -0.39 is 0 Å². The highest BCUT2D eigenvalue weighted by molar-refractivity contribution is 5.98. The lowest BCUT2D eigenvalue weighted by Gasteiger charge is -2.36. The van der Waals surface area contributed by atoms with E-state index in [2.05, 4.69) is 5.32 Å². The lowest BCUT2D eigenvalue weighted by atomic mass is 9.95. The Labute approximate surface area is 170 Å². The van der Waals surface area contributed by atoms with Crippen molar-refractivity contribution in [1.29, 1.82) is 0 Å². The van der Waals surface area contributed by atoms with Gasteiger partial charge in [0.1, 0.15) is 0 Å². The molecule has 0 saturated carbocycles. The second kappa shape index (κ2) is 8.41. The number of benzene rings is 1. The summed E-state index contributed by atoms with van der Waals surface area (Å²) in [7, 11) is 0. The molecule has 1 aromatic rings. The fourth-order valence-corrected chi connectivity index (χ4v) is 4.38. The number of carbonyl (C=O) groups excluding carboxylic acids is 3. The number of carbonyl (C=O) groups is 3. The van der Waals surface area contributed by atoms with Crippen molar-refractivity contribution in [2.45, 2.75) is 19.8 Å². The molecule has 0 aromatic heterocycles. The minimum atomic E-state index is -0.139. The highest BCUT2D eigenvalue weighted by atomic mass is 16.5. The van der Waals surface area contributed by atoms with E-state index >= 15 is 0 Å². The number of ether oxygens (including phenoxy) is 1. The average Bonchev–Trinajstić information content (AvgIpc) is 3.19. The highest BCUT2D eigenvalue weighted by Crippen LogP contribution is 2.25. The van der Waals surface area contributed by atoms with Crippen LogP contribution in [0.15, 0.2) is 18.2 Å². The number of likely N-dealkylation sites (tertiary alicyclic amines) is 1. The second-order valence-electron chi connectivity index (χ2n) is 7.91. The molecule has 3 aliphatic rings. The predicted molar refractivity (Wildman–Crippen MR) is 108 cm³/mol. The smallest absolute Gasteiger partial charge is 0.322 e. The largest absolute Gasteiger partial charge is 0.378 e. The number of anilines is 1. The van der Waals surface area contributed by atoms with Gasteiger partial charge in [0, 0.05) is 50.5 Å². The molecule has 1 aromatic carbocycles. The summed E-state index contributed by atoms with van der Waals surface area (Å²) in [6.45, 7) is 6.74. The van der Waals surface area contributed by atoms with Crippen LogP contribution in [0.2, 0.25) is 0 Å². The summed E-state index contributed by atoms with van der Waals surface area (Å²) in [6.07, 6.45) is 1.65. The van der Waals surface area contributed by atoms with Gasteiger partial charge >= 0.3 is 6.03 Å². The Kier molecular flexibility index (Phi) is 5.71. The van der Waals surface area contributed by atoms with Gasteiger partial charge in [0.25, 0.3) is 5.91 Å². The van der Waals surface area contributed by atoms with Crippen LogP contribution in [0.3, 0.4) is 0 Å². The number of morpholine rings is 1. The maximum absolute atomic E-state index is 13.1. The number of nitrogens with one attached hydrogen (secondary N) is 1. The van der Waals surface area contributed by atoms with Gasteiger partial charge in [-0.1, -0.05) is 0 Å². The number of rotatable bonds is 3. The van der Waals surface area contributed by atoms with Crippen LogP contribution in [-0.4, -0.2) is 80.1 Å². The Morgan fingerprint density at radius 3 is 2.59 bits per heavy atom. The molecule has 4 amide bonds. The number of nitrogens with zero attached hydrogens (tertiary/aromatic N) is 3. The van der Waals surface area contributed by atoms with Gasteiger partial charge in [-0.3, -0.25) is 14.5 Å². The van der Waals surface area contributed by atoms with Crippen molar-refractivity contribution < 1.29 is 19.1 Å². The first-order valence-electron chi connectivity index (χ1n) is 10.4. The van der Waals surface area contributed by atoms with E-state index in [1.54, 1.807) is 15.9 Å². The van der Waals surface area contributed by atoms with Crippen LogP contribution in [0.25, 0.3) is 0 Å². The highest BCUT2D eigenvalue weighted by Gasteiger charge is 2.32. The van der Waals surface area contributed by atoms with Gasteiger partial charge in [0.15, 0.2) is 0 Å². The van der Waals surface area contributed by atoms with Gasteiger partial charge in [0.2, 0.25) is 5.91 Å². The maximum atomic E-state index is 13.1. The maximum Gasteiger partial charge on any atom is 0.322 e. The molecular weight excluding hydrogens is 372 g/mol. The van der Waals surface area contributed by atoms with Gasteiger partial charge in [-0.2, -0.15) is 0 Å². The molecule has 156 valence electrons. The van der Waals surface area contributed by atoms with E-state index in [0.29, 0.717) is 58.0 Å². The Morgan fingerprint density at radius 2 is 1.90 bits per heavy atom. The van der Waals surface area contributed by atoms with Crippen molar-refractivity contribution in [2.24, 2.45) is 5.92 Å². The molecule has 3 aliphatic heterocycles. The number of aryl methyl sites for hydroxylation is 1. The van der Waals surface area contributed by atoms with Crippen molar-refractivity contribution in [3.8, 4) is 0 Å². The zero-order valence-electron chi connectivity index (χ0n) is 16.9. The first-order valence-corrected chi connectivity index (χ1v) is 10.4. The molecule has 4 rings (SSSR count). The third-order valence-corrected chi connectivity index (χ3v) is 5.97. The monoisotopic (exact) mass is 400 g/mol. The molecule has 3 fully saturated rings. The van der Waals surface area contributed by atoms with E-state index in [1.165, 1.54) is 0 Å². The number of urea groups is 1. The van der Waals surface area contributed by atoms with E-state index in [0.717, 1.165) is 24.1 Å². The molecule has 8 heteroatoms. The van der Waals surface area contributed by atoms with Crippen molar-refractivity contribution in [2.75, 3.05) is 57.4 Å². The lowest BCUT2D eigenvalue weighted by molar-refractivity contribution is -0.141. The number of amides is 4. The topological polar surface area (TPSA) is 82.2 Å². The van der Waals surface area contributed by atoms with Gasteiger partial charge in [-0.05, 0) is 43.5 Å². The average molecular weight is 400 g/mol. The van der Waals surface area contributed by atoms with Crippen molar-refractivity contribution in [1.82, 2.24) is 15.1 Å². The summed E-state index contributed by atoms with van der Waals surface area (Å²) < 4.78 is 5.33. The molecule has 3 saturated heterocycles. The molecule has 29 heavy (non-hydrogen) atoms. The second-order valence-corrected chi connectivity index (χ2v) is 7.91. The van der Waals surface area contributed by atoms with Gasteiger partial charge in [-0.25, -0.2) is 4.79 Å². The fourth-order valence-electron chi connectivity index (χ4n) is 4.38. The third-order valence-electron chi connectivity index (χ3n) is 5.97. The van der Waals surface area contributed by atoms with E-state index in [9.17, 15) is 14.4 Å². The predicted octanol–water partition coefficient (Wildman–Crippen LogP) is 1.24. The molecule has 0 radical (unpaired) electrons. The molecule has 8 nitrogen and oxygen atoms in total. The van der Waals surface area contributed by atoms with Crippen LogP contribution in [0.1, 0.15) is 28.8 Å². The Hall–Kier alpha value is -2.61. The molecule has 0 spiro atoms. The number of piperidine rings is 1. The Bertz CT molecular complexity index is 806. The molecule has 1 N–H and O–H groups in total. The molecular formula is C21H28N4O4. The summed E-state index contributed by atoms with van der Waals surface area (Å²) in [6, 6.07) is 5.36. The minimum absolute atomic E-state index is 0.0509. The first-order chi connectivity index (χ1) is 14.0. The minimum Gasteiger partial charge on any atom is -0.378 e. The molecule has 0 aliphatic carbocycles. The van der Waals surface area contributed by atoms with Crippen molar-refractivity contribution in [3.63, 3.8) is 0 Å². The van der Waals surface area contributed by atoms with Crippen LogP contribution in [0, 0.1) is 12.8 Å². The van der Waals surface area contributed by atoms with Gasteiger partial charge < -0.3 is 19.9 Å². The normalized spacial score (nSPS) is 22.6. The van der Waals surface area contributed by atoms with Crippen LogP contribution in [0.5, 0.6) is 0 Å². The molecule has 1 atom stereocenters. The fraction of sp³-hybridized carbons (Fsp3) is 0.571. The zero-order chi connectivity index (χ0) is 20.4. The van der Waals surface area contributed by atoms with Crippen LogP contribution >= 0.6 is 0 Å². The standard InChI is InChI=1S/C21H28N4O4/c1-15-13-16(4-5-18(15)25-8-6-22-21(25)28)19(26)24-7-2-3-17(14-24)20(27)23-9-11-29-12-10-23/h4-5,13,17H,2-3,6-12,14H2,1H3,(H,22,28). The van der Waals surface area contributed by atoms with Crippen molar-refractivity contribution >= 4 is 23.5 Å². The number of hydrogen-bond donors (Lipinski definition) is 1. The van der Waals surface area contributed by atoms with Crippen LogP contribution < -0.4 is 10.2 Å². The number of hydrogen-bond acceptors (Lipinski definition) is 4. The molecule has 1 unspecified atom stereocenters. The summed E-state index contributed by atoms with van der Waals surface area (Å²) in [4.78, 5) is 43.2. The quantitative estimate of drug-likeness (QED) is 0.828. The van der Waals surface area contributed by atoms with E-state index in [4.69, 9.17) is 4.74 Å².